The lowest BCUT2D eigenvalue weighted by molar-refractivity contribution is -0.132. The minimum Gasteiger partial charge on any atom is -0.356 e. The van der Waals surface area contributed by atoms with Crippen molar-refractivity contribution in [1.29, 1.82) is 0 Å². The first-order valence-corrected chi connectivity index (χ1v) is 7.10. The van der Waals surface area contributed by atoms with Gasteiger partial charge in [0.1, 0.15) is 0 Å². The van der Waals surface area contributed by atoms with Gasteiger partial charge in [0.05, 0.1) is 6.42 Å². The first kappa shape index (κ1) is 17.1. The van der Waals surface area contributed by atoms with Gasteiger partial charge < -0.3 is 10.6 Å². The van der Waals surface area contributed by atoms with Gasteiger partial charge in [0.25, 0.3) is 0 Å². The molecule has 118 valence electrons. The Morgan fingerprint density at radius 3 is 2.30 bits per heavy atom. The van der Waals surface area contributed by atoms with Crippen LogP contribution in [0.25, 0.3) is 0 Å². The van der Waals surface area contributed by atoms with Gasteiger partial charge in [0.2, 0.25) is 0 Å². The van der Waals surface area contributed by atoms with Gasteiger partial charge in [-0.15, -0.1) is 0 Å². The Morgan fingerprint density at radius 2 is 1.85 bits per heavy atom. The Bertz CT molecular complexity index is 309. The van der Waals surface area contributed by atoms with E-state index in [4.69, 9.17) is 0 Å². The average Bonchev–Trinajstić information content (AvgIpc) is 3.14. The summed E-state index contributed by atoms with van der Waals surface area (Å²) in [7, 11) is 1.56. The molecule has 1 rings (SSSR count). The molecule has 0 heterocycles. The third-order valence-corrected chi connectivity index (χ3v) is 3.27. The second-order valence-electron chi connectivity index (χ2n) is 5.35. The lowest BCUT2D eigenvalue weighted by Crippen LogP contribution is -2.44. The van der Waals surface area contributed by atoms with Crippen molar-refractivity contribution in [1.82, 2.24) is 15.5 Å². The summed E-state index contributed by atoms with van der Waals surface area (Å²) in [5.74, 6) is 0.425. The van der Waals surface area contributed by atoms with Gasteiger partial charge in [-0.2, -0.15) is 13.2 Å². The molecule has 0 aromatic carbocycles. The molecule has 0 amide bonds. The summed E-state index contributed by atoms with van der Waals surface area (Å²) < 4.78 is 36.1. The van der Waals surface area contributed by atoms with Crippen molar-refractivity contribution >= 4 is 5.96 Å². The minimum atomic E-state index is -4.13. The molecule has 7 heteroatoms. The third-order valence-electron chi connectivity index (χ3n) is 3.27. The van der Waals surface area contributed by atoms with E-state index in [1.807, 2.05) is 0 Å². The highest BCUT2D eigenvalue weighted by Gasteiger charge is 2.30. The number of halogens is 3. The van der Waals surface area contributed by atoms with E-state index in [0.717, 1.165) is 6.54 Å². The van der Waals surface area contributed by atoms with E-state index in [1.54, 1.807) is 7.05 Å². The number of hydrogen-bond donors (Lipinski definition) is 2. The van der Waals surface area contributed by atoms with Crippen molar-refractivity contribution in [2.75, 3.05) is 26.7 Å². The zero-order valence-corrected chi connectivity index (χ0v) is 12.4. The fourth-order valence-electron chi connectivity index (χ4n) is 2.12. The molecule has 0 aliphatic heterocycles. The first-order chi connectivity index (χ1) is 9.33. The maximum Gasteiger partial charge on any atom is 0.390 e. The van der Waals surface area contributed by atoms with Crippen LogP contribution in [0.3, 0.4) is 0 Å². The predicted octanol–water partition coefficient (Wildman–Crippen LogP) is 1.98. The highest BCUT2D eigenvalue weighted by Crippen LogP contribution is 2.27. The molecule has 0 spiro atoms. The van der Waals surface area contributed by atoms with Crippen LogP contribution in [0.5, 0.6) is 0 Å². The molecule has 0 radical (unpaired) electrons. The van der Waals surface area contributed by atoms with Crippen molar-refractivity contribution < 1.29 is 13.2 Å². The molecule has 0 atom stereocenters. The number of nitrogens with one attached hydrogen (secondary N) is 2. The summed E-state index contributed by atoms with van der Waals surface area (Å²) in [6.07, 6.45) is -2.49. The summed E-state index contributed by atoms with van der Waals surface area (Å²) in [6.45, 7) is 5.73. The summed E-state index contributed by atoms with van der Waals surface area (Å²) in [4.78, 5) is 6.33. The first-order valence-electron chi connectivity index (χ1n) is 7.10. The summed E-state index contributed by atoms with van der Waals surface area (Å²) in [5, 5.41) is 5.73. The molecule has 1 fully saturated rings. The second kappa shape index (κ2) is 7.71. The van der Waals surface area contributed by atoms with Crippen LogP contribution >= 0.6 is 0 Å². The SMILES string of the molecule is CN=C(NCCN(C(C)C)C1CC1)NCCC(F)(F)F. The van der Waals surface area contributed by atoms with Crippen molar-refractivity contribution in [2.45, 2.75) is 51.4 Å². The molecule has 0 aromatic heterocycles. The van der Waals surface area contributed by atoms with Crippen LogP contribution in [-0.2, 0) is 0 Å². The number of nitrogens with zero attached hydrogens (tertiary/aromatic N) is 2. The molecule has 2 N–H and O–H groups in total. The van der Waals surface area contributed by atoms with Crippen LogP contribution in [-0.4, -0.2) is 55.8 Å². The monoisotopic (exact) mass is 294 g/mol. The average molecular weight is 294 g/mol. The molecule has 1 saturated carbocycles. The summed E-state index contributed by atoms with van der Waals surface area (Å²) >= 11 is 0. The zero-order valence-electron chi connectivity index (χ0n) is 12.4. The Morgan fingerprint density at radius 1 is 1.25 bits per heavy atom. The van der Waals surface area contributed by atoms with Gasteiger partial charge in [0, 0.05) is 38.8 Å². The molecule has 0 saturated heterocycles. The molecule has 0 unspecified atom stereocenters. The van der Waals surface area contributed by atoms with Gasteiger partial charge in [-0.25, -0.2) is 0 Å². The van der Waals surface area contributed by atoms with Crippen LogP contribution in [0.1, 0.15) is 33.1 Å². The fraction of sp³-hybridized carbons (Fsp3) is 0.923. The highest BCUT2D eigenvalue weighted by atomic mass is 19.4. The van der Waals surface area contributed by atoms with Crippen molar-refractivity contribution in [3.05, 3.63) is 0 Å². The lowest BCUT2D eigenvalue weighted by Gasteiger charge is -2.26. The van der Waals surface area contributed by atoms with E-state index < -0.39 is 12.6 Å². The Balaban J connectivity index is 2.20. The normalized spacial score (nSPS) is 16.9. The fourth-order valence-corrected chi connectivity index (χ4v) is 2.12. The summed E-state index contributed by atoms with van der Waals surface area (Å²) in [5.41, 5.74) is 0. The second-order valence-corrected chi connectivity index (χ2v) is 5.35. The molecule has 20 heavy (non-hydrogen) atoms. The van der Waals surface area contributed by atoms with Crippen molar-refractivity contribution in [3.63, 3.8) is 0 Å². The van der Waals surface area contributed by atoms with Crippen LogP contribution in [0, 0.1) is 0 Å². The number of hydrogen-bond acceptors (Lipinski definition) is 2. The van der Waals surface area contributed by atoms with Crippen LogP contribution in [0.2, 0.25) is 0 Å². The van der Waals surface area contributed by atoms with Gasteiger partial charge in [-0.05, 0) is 26.7 Å². The van der Waals surface area contributed by atoms with Gasteiger partial charge in [-0.3, -0.25) is 9.89 Å². The topological polar surface area (TPSA) is 39.7 Å². The van der Waals surface area contributed by atoms with E-state index in [-0.39, 0.29) is 6.54 Å². The van der Waals surface area contributed by atoms with Crippen LogP contribution in [0.15, 0.2) is 4.99 Å². The molecule has 1 aliphatic carbocycles. The van der Waals surface area contributed by atoms with Crippen molar-refractivity contribution in [2.24, 2.45) is 4.99 Å². The van der Waals surface area contributed by atoms with E-state index in [1.165, 1.54) is 12.8 Å². The predicted molar refractivity (Wildman–Crippen MR) is 74.9 cm³/mol. The largest absolute Gasteiger partial charge is 0.390 e. The number of rotatable bonds is 7. The maximum absolute atomic E-state index is 12.0. The zero-order chi connectivity index (χ0) is 15.2. The quantitative estimate of drug-likeness (QED) is 0.557. The Hall–Kier alpha value is -0.980. The molecular weight excluding hydrogens is 269 g/mol. The number of aliphatic imine (C=N–C) groups is 1. The molecular formula is C13H25F3N4. The third kappa shape index (κ3) is 6.98. The minimum absolute atomic E-state index is 0.153. The Labute approximate surface area is 118 Å². The maximum atomic E-state index is 12.0. The lowest BCUT2D eigenvalue weighted by atomic mass is 10.3. The standard InChI is InChI=1S/C13H25F3N4/c1-10(2)20(11-4-5-11)9-8-19-12(17-3)18-7-6-13(14,15)16/h10-11H,4-9H2,1-3H3,(H2,17,18,19). The number of alkyl halides is 3. The molecule has 0 bridgehead atoms. The van der Waals surface area contributed by atoms with Gasteiger partial charge in [-0.1, -0.05) is 0 Å². The van der Waals surface area contributed by atoms with Crippen LogP contribution in [0.4, 0.5) is 13.2 Å². The molecule has 0 aromatic rings. The Kier molecular flexibility index (Phi) is 6.58. The van der Waals surface area contributed by atoms with Gasteiger partial charge >= 0.3 is 6.18 Å². The van der Waals surface area contributed by atoms with Crippen molar-refractivity contribution in [3.8, 4) is 0 Å². The van der Waals surface area contributed by atoms with E-state index in [9.17, 15) is 13.2 Å². The van der Waals surface area contributed by atoms with E-state index in [0.29, 0.717) is 24.6 Å². The highest BCUT2D eigenvalue weighted by molar-refractivity contribution is 5.79. The van der Waals surface area contributed by atoms with E-state index >= 15 is 0 Å². The smallest absolute Gasteiger partial charge is 0.356 e. The van der Waals surface area contributed by atoms with E-state index in [2.05, 4.69) is 34.4 Å². The summed E-state index contributed by atoms with van der Waals surface area (Å²) in [6, 6.07) is 1.17. The van der Waals surface area contributed by atoms with Crippen LogP contribution < -0.4 is 10.6 Å². The number of guanidine groups is 1. The molecule has 1 aliphatic rings. The molecule has 4 nitrogen and oxygen atoms in total. The van der Waals surface area contributed by atoms with Gasteiger partial charge in [0.15, 0.2) is 5.96 Å².